The van der Waals surface area contributed by atoms with Crippen LogP contribution < -0.4 is 4.90 Å². The van der Waals surface area contributed by atoms with Gasteiger partial charge in [0, 0.05) is 33.6 Å². The molecule has 0 amide bonds. The fourth-order valence-electron chi connectivity index (χ4n) is 9.05. The first kappa shape index (κ1) is 35.0. The summed E-state index contributed by atoms with van der Waals surface area (Å²) in [6, 6.07) is 54.4. The Balaban J connectivity index is 1.18. The van der Waals surface area contributed by atoms with Crippen LogP contribution >= 0.6 is 0 Å². The van der Waals surface area contributed by atoms with Crippen molar-refractivity contribution >= 4 is 44.8 Å². The Hall–Kier alpha value is -6.46. The summed E-state index contributed by atoms with van der Waals surface area (Å²) in [4.78, 5) is 12.8. The van der Waals surface area contributed by atoms with E-state index in [0.29, 0.717) is 5.90 Å². The predicted molar refractivity (Wildman–Crippen MR) is 235 cm³/mol. The fourth-order valence-corrected chi connectivity index (χ4v) is 9.05. The number of hydrogen-bond donors (Lipinski definition) is 0. The van der Waals surface area contributed by atoms with Crippen LogP contribution in [0.4, 0.5) is 17.1 Å². The van der Waals surface area contributed by atoms with Crippen LogP contribution in [-0.4, -0.2) is 15.4 Å². The number of pyridine rings is 1. The van der Waals surface area contributed by atoms with E-state index in [2.05, 4.69) is 197 Å². The molecule has 0 bridgehead atoms. The van der Waals surface area contributed by atoms with E-state index in [1.54, 1.807) is 0 Å². The summed E-state index contributed by atoms with van der Waals surface area (Å²) >= 11 is 0. The summed E-state index contributed by atoms with van der Waals surface area (Å²) < 4.78 is 9.23. The molecular formula is C52H46N4O. The Labute approximate surface area is 334 Å². The number of ether oxygens (including phenoxy) is 1. The Morgan fingerprint density at radius 2 is 1.33 bits per heavy atom. The molecule has 10 rings (SSSR count). The van der Waals surface area contributed by atoms with Gasteiger partial charge in [-0.05, 0) is 100 Å². The fraction of sp³-hybridized carbons (Fsp3) is 0.192. The first-order valence-corrected chi connectivity index (χ1v) is 20.0. The Morgan fingerprint density at radius 3 is 2.11 bits per heavy atom. The number of hydrogen-bond acceptors (Lipinski definition) is 4. The van der Waals surface area contributed by atoms with Crippen LogP contribution in [0.25, 0.3) is 27.6 Å². The maximum absolute atomic E-state index is 6.88. The Bertz CT molecular complexity index is 2860. The molecule has 6 aromatic carbocycles. The van der Waals surface area contributed by atoms with Crippen molar-refractivity contribution in [3.05, 3.63) is 197 Å². The molecule has 0 saturated carbocycles. The number of aliphatic imine (C=N–C) groups is 1. The molecule has 2 aliphatic heterocycles. The molecule has 0 fully saturated rings. The van der Waals surface area contributed by atoms with Crippen molar-refractivity contribution in [3.8, 4) is 5.82 Å². The third kappa shape index (κ3) is 5.75. The SMILES string of the molecule is Cc1cc(C2=N[C@H](c3ccccc3)[C@@H](c3ccccc3)O2)cc(N2c3ccccc3C(C)(C)c3cc4c5ccccc5n(-c5cc(C(C)(C)C)ccn5)c4cc32)c1. The molecule has 0 aliphatic carbocycles. The second kappa shape index (κ2) is 13.1. The Kier molecular flexibility index (Phi) is 8.02. The number of nitrogens with zero attached hydrogens (tertiary/aromatic N) is 4. The second-order valence-corrected chi connectivity index (χ2v) is 17.2. The van der Waals surface area contributed by atoms with Crippen LogP contribution in [0.1, 0.15) is 85.7 Å². The quantitative estimate of drug-likeness (QED) is 0.176. The van der Waals surface area contributed by atoms with Crippen molar-refractivity contribution in [3.63, 3.8) is 0 Å². The number of fused-ring (bicyclic) bond motifs is 5. The van der Waals surface area contributed by atoms with E-state index in [4.69, 9.17) is 14.7 Å². The number of anilines is 3. The number of aryl methyl sites for hydroxylation is 1. The predicted octanol–water partition coefficient (Wildman–Crippen LogP) is 13.2. The van der Waals surface area contributed by atoms with Gasteiger partial charge in [0.1, 0.15) is 11.9 Å². The summed E-state index contributed by atoms with van der Waals surface area (Å²) in [6.07, 6.45) is 1.72. The van der Waals surface area contributed by atoms with Crippen molar-refractivity contribution in [2.45, 2.75) is 64.5 Å². The van der Waals surface area contributed by atoms with Crippen molar-refractivity contribution in [1.29, 1.82) is 0 Å². The van der Waals surface area contributed by atoms with E-state index < -0.39 is 0 Å². The lowest BCUT2D eigenvalue weighted by Gasteiger charge is -2.42. The minimum absolute atomic E-state index is 0.0153. The van der Waals surface area contributed by atoms with E-state index in [9.17, 15) is 0 Å². The van der Waals surface area contributed by atoms with E-state index in [-0.39, 0.29) is 23.0 Å². The van der Waals surface area contributed by atoms with Gasteiger partial charge < -0.3 is 9.64 Å². The zero-order chi connectivity index (χ0) is 39.1. The summed E-state index contributed by atoms with van der Waals surface area (Å²) in [5, 5.41) is 2.44. The van der Waals surface area contributed by atoms with Crippen LogP contribution in [0.2, 0.25) is 0 Å². The van der Waals surface area contributed by atoms with Crippen LogP contribution in [0, 0.1) is 6.92 Å². The number of benzene rings is 6. The summed E-state index contributed by atoms with van der Waals surface area (Å²) in [5.41, 5.74) is 13.5. The minimum atomic E-state index is -0.263. The molecular weight excluding hydrogens is 697 g/mol. The summed E-state index contributed by atoms with van der Waals surface area (Å²) in [7, 11) is 0. The molecule has 2 aliphatic rings. The average molecular weight is 743 g/mol. The second-order valence-electron chi connectivity index (χ2n) is 17.2. The van der Waals surface area contributed by atoms with Crippen LogP contribution in [0.15, 0.2) is 163 Å². The molecule has 2 aromatic heterocycles. The van der Waals surface area contributed by atoms with Crippen molar-refractivity contribution in [1.82, 2.24) is 9.55 Å². The van der Waals surface area contributed by atoms with E-state index in [1.165, 1.54) is 33.2 Å². The molecule has 2 atom stereocenters. The third-order valence-corrected chi connectivity index (χ3v) is 12.0. The number of rotatable bonds is 5. The molecule has 5 heteroatoms. The lowest BCUT2D eigenvalue weighted by atomic mass is 9.73. The molecule has 8 aromatic rings. The molecule has 0 spiro atoms. The summed E-state index contributed by atoms with van der Waals surface area (Å²) in [5.74, 6) is 1.58. The van der Waals surface area contributed by atoms with Gasteiger partial charge in [0.25, 0.3) is 0 Å². The average Bonchev–Trinajstić information content (AvgIpc) is 3.81. The van der Waals surface area contributed by atoms with Crippen molar-refractivity contribution < 1.29 is 4.74 Å². The normalized spacial score (nSPS) is 17.3. The molecule has 0 saturated heterocycles. The highest BCUT2D eigenvalue weighted by Crippen LogP contribution is 2.54. The van der Waals surface area contributed by atoms with Gasteiger partial charge in [-0.15, -0.1) is 0 Å². The van der Waals surface area contributed by atoms with Gasteiger partial charge in [0.15, 0.2) is 6.10 Å². The van der Waals surface area contributed by atoms with E-state index in [0.717, 1.165) is 50.5 Å². The van der Waals surface area contributed by atoms with Crippen LogP contribution in [0.5, 0.6) is 0 Å². The van der Waals surface area contributed by atoms with Crippen molar-refractivity contribution in [2.75, 3.05) is 4.90 Å². The van der Waals surface area contributed by atoms with Gasteiger partial charge >= 0.3 is 0 Å². The van der Waals surface area contributed by atoms with Gasteiger partial charge in [0.2, 0.25) is 5.90 Å². The van der Waals surface area contributed by atoms with Gasteiger partial charge in [-0.1, -0.05) is 132 Å². The monoisotopic (exact) mass is 742 g/mol. The van der Waals surface area contributed by atoms with E-state index in [1.807, 2.05) is 12.3 Å². The molecule has 0 unspecified atom stereocenters. The molecule has 4 heterocycles. The highest BCUT2D eigenvalue weighted by molar-refractivity contribution is 6.11. The van der Waals surface area contributed by atoms with Gasteiger partial charge in [-0.3, -0.25) is 4.57 Å². The highest BCUT2D eigenvalue weighted by atomic mass is 16.5. The lowest BCUT2D eigenvalue weighted by Crippen LogP contribution is -2.30. The number of para-hydroxylation sites is 2. The maximum atomic E-state index is 6.88. The lowest BCUT2D eigenvalue weighted by molar-refractivity contribution is 0.197. The Morgan fingerprint density at radius 1 is 0.632 bits per heavy atom. The van der Waals surface area contributed by atoms with Gasteiger partial charge in [-0.2, -0.15) is 0 Å². The standard InChI is InChI=1S/C52H46N4O/c1-33-27-36(50-54-48(34-17-9-7-10-18-34)49(57-50)35-19-11-8-12-20-35)29-38(28-33)55-44-24-16-14-22-41(44)52(5,6)42-31-40-39-21-13-15-23-43(39)56(45(40)32-46(42)55)47-30-37(25-26-53-47)51(2,3)4/h7-32,48-49H,1-6H3/t48-,49-/m1/s1. The zero-order valence-corrected chi connectivity index (χ0v) is 33.4. The third-order valence-electron chi connectivity index (χ3n) is 12.0. The molecule has 5 nitrogen and oxygen atoms in total. The number of aromatic nitrogens is 2. The topological polar surface area (TPSA) is 42.6 Å². The smallest absolute Gasteiger partial charge is 0.217 e. The molecule has 57 heavy (non-hydrogen) atoms. The minimum Gasteiger partial charge on any atom is -0.467 e. The van der Waals surface area contributed by atoms with Crippen LogP contribution in [-0.2, 0) is 15.6 Å². The van der Waals surface area contributed by atoms with E-state index >= 15 is 0 Å². The van der Waals surface area contributed by atoms with Crippen LogP contribution in [0.3, 0.4) is 0 Å². The largest absolute Gasteiger partial charge is 0.467 e. The molecule has 280 valence electrons. The highest BCUT2D eigenvalue weighted by Gasteiger charge is 2.39. The summed E-state index contributed by atoms with van der Waals surface area (Å²) in [6.45, 7) is 13.7. The van der Waals surface area contributed by atoms with Gasteiger partial charge in [0.05, 0.1) is 22.4 Å². The van der Waals surface area contributed by atoms with Gasteiger partial charge in [-0.25, -0.2) is 9.98 Å². The first-order valence-electron chi connectivity index (χ1n) is 20.0. The zero-order valence-electron chi connectivity index (χ0n) is 33.4. The first-order chi connectivity index (χ1) is 27.6. The maximum Gasteiger partial charge on any atom is 0.217 e. The molecule has 0 N–H and O–H groups in total. The van der Waals surface area contributed by atoms with Crippen molar-refractivity contribution in [2.24, 2.45) is 4.99 Å². The molecule has 0 radical (unpaired) electrons.